The number of rotatable bonds is 12. The molecule has 2 unspecified atom stereocenters. The van der Waals surface area contributed by atoms with Gasteiger partial charge >= 0.3 is 5.97 Å². The smallest absolute Gasteiger partial charge is 0.330 e. The standard InChI is InChI=1S/C37H43NO5/c1-37(2,3)36(39)43-38-21-20-34(35(25-38)42-27-29-14-15-30-12-7-8-13-32(30)24-29)31-16-18-33(19-17-31)41-23-9-22-40-26-28-10-5-4-6-11-28/h4-8,10-19,24,34-35H,9,20-23,25-27H2,1-3H3. The SMILES string of the molecule is CC(C)(C)C(=O)ON1CCC(c2ccc(OCCCOCc3ccccc3)cc2)C(OCc2ccc3ccccc3c2)C1. The van der Waals surface area contributed by atoms with Gasteiger partial charge in [0.05, 0.1) is 44.5 Å². The summed E-state index contributed by atoms with van der Waals surface area (Å²) in [6.07, 6.45) is 1.51. The van der Waals surface area contributed by atoms with Gasteiger partial charge in [-0.15, -0.1) is 5.06 Å². The first-order chi connectivity index (χ1) is 20.8. The van der Waals surface area contributed by atoms with E-state index in [1.807, 2.05) is 51.1 Å². The van der Waals surface area contributed by atoms with E-state index in [4.69, 9.17) is 19.0 Å². The van der Waals surface area contributed by atoms with Crippen LogP contribution in [0.3, 0.4) is 0 Å². The van der Waals surface area contributed by atoms with Crippen LogP contribution in [0, 0.1) is 5.41 Å². The van der Waals surface area contributed by atoms with Crippen molar-refractivity contribution in [3.8, 4) is 5.75 Å². The molecule has 4 aromatic rings. The van der Waals surface area contributed by atoms with Gasteiger partial charge in [0.25, 0.3) is 0 Å². The lowest BCUT2D eigenvalue weighted by molar-refractivity contribution is -0.216. The molecule has 43 heavy (non-hydrogen) atoms. The zero-order valence-electron chi connectivity index (χ0n) is 25.5. The van der Waals surface area contributed by atoms with Crippen molar-refractivity contribution >= 4 is 16.7 Å². The molecular formula is C37H43NO5. The van der Waals surface area contributed by atoms with E-state index in [9.17, 15) is 4.79 Å². The number of benzene rings is 4. The van der Waals surface area contributed by atoms with Crippen LogP contribution >= 0.6 is 0 Å². The number of fused-ring (bicyclic) bond motifs is 1. The fourth-order valence-electron chi connectivity index (χ4n) is 5.23. The Hall–Kier alpha value is -3.71. The van der Waals surface area contributed by atoms with Gasteiger partial charge in [-0.1, -0.05) is 78.9 Å². The summed E-state index contributed by atoms with van der Waals surface area (Å²) in [5.41, 5.74) is 2.93. The lowest BCUT2D eigenvalue weighted by atomic mass is 9.87. The first-order valence-corrected chi connectivity index (χ1v) is 15.3. The van der Waals surface area contributed by atoms with Crippen molar-refractivity contribution < 1.29 is 23.8 Å². The summed E-state index contributed by atoms with van der Waals surface area (Å²) in [6.45, 7) is 9.15. The molecule has 0 bridgehead atoms. The Balaban J connectivity index is 1.17. The molecule has 6 heteroatoms. The molecule has 1 fully saturated rings. The predicted molar refractivity (Wildman–Crippen MR) is 170 cm³/mol. The topological polar surface area (TPSA) is 57.2 Å². The minimum Gasteiger partial charge on any atom is -0.494 e. The number of ether oxygens (including phenoxy) is 3. The minimum absolute atomic E-state index is 0.137. The summed E-state index contributed by atoms with van der Waals surface area (Å²) >= 11 is 0. The molecular weight excluding hydrogens is 538 g/mol. The Bertz CT molecular complexity index is 1450. The third-order valence-electron chi connectivity index (χ3n) is 7.75. The molecule has 5 rings (SSSR count). The van der Waals surface area contributed by atoms with Crippen LogP contribution in [0.5, 0.6) is 5.75 Å². The van der Waals surface area contributed by atoms with Gasteiger partial charge in [-0.05, 0) is 72.9 Å². The molecule has 0 radical (unpaired) electrons. The van der Waals surface area contributed by atoms with E-state index < -0.39 is 5.41 Å². The van der Waals surface area contributed by atoms with Crippen molar-refractivity contribution in [1.29, 1.82) is 0 Å². The quantitative estimate of drug-likeness (QED) is 0.160. The second-order valence-electron chi connectivity index (χ2n) is 12.3. The Morgan fingerprint density at radius 3 is 2.33 bits per heavy atom. The van der Waals surface area contributed by atoms with Crippen LogP contribution in [0.25, 0.3) is 10.8 Å². The molecule has 0 amide bonds. The molecule has 0 N–H and O–H groups in total. The van der Waals surface area contributed by atoms with Gasteiger partial charge in [0, 0.05) is 18.9 Å². The summed E-state index contributed by atoms with van der Waals surface area (Å²) in [6, 6.07) is 33.3. The molecule has 0 saturated carbocycles. The number of carbonyl (C=O) groups excluding carboxylic acids is 1. The maximum Gasteiger partial charge on any atom is 0.330 e. The van der Waals surface area contributed by atoms with Crippen molar-refractivity contribution in [3.63, 3.8) is 0 Å². The minimum atomic E-state index is -0.567. The van der Waals surface area contributed by atoms with Crippen molar-refractivity contribution in [2.45, 2.75) is 58.8 Å². The van der Waals surface area contributed by atoms with E-state index in [2.05, 4.69) is 66.7 Å². The van der Waals surface area contributed by atoms with E-state index in [-0.39, 0.29) is 18.0 Å². The molecule has 226 valence electrons. The molecule has 1 aliphatic heterocycles. The van der Waals surface area contributed by atoms with Crippen LogP contribution in [0.2, 0.25) is 0 Å². The Morgan fingerprint density at radius 1 is 0.814 bits per heavy atom. The van der Waals surface area contributed by atoms with E-state index in [1.54, 1.807) is 5.06 Å². The van der Waals surface area contributed by atoms with E-state index in [0.717, 1.165) is 24.2 Å². The van der Waals surface area contributed by atoms with Gasteiger partial charge in [-0.3, -0.25) is 0 Å². The monoisotopic (exact) mass is 581 g/mol. The van der Waals surface area contributed by atoms with Crippen LogP contribution in [0.15, 0.2) is 97.1 Å². The average molecular weight is 582 g/mol. The molecule has 0 aromatic heterocycles. The lowest BCUT2D eigenvalue weighted by Crippen LogP contribution is -2.46. The summed E-state index contributed by atoms with van der Waals surface area (Å²) in [7, 11) is 0. The number of hydroxylamine groups is 2. The lowest BCUT2D eigenvalue weighted by Gasteiger charge is -2.38. The Kier molecular flexibility index (Phi) is 10.5. The predicted octanol–water partition coefficient (Wildman–Crippen LogP) is 7.70. The first kappa shape index (κ1) is 30.7. The molecule has 1 aliphatic rings. The highest BCUT2D eigenvalue weighted by Gasteiger charge is 2.35. The number of nitrogens with zero attached hydrogens (tertiary/aromatic N) is 1. The molecule has 2 atom stereocenters. The normalized spacial score (nSPS) is 17.6. The Morgan fingerprint density at radius 2 is 1.56 bits per heavy atom. The highest BCUT2D eigenvalue weighted by molar-refractivity contribution is 5.82. The van der Waals surface area contributed by atoms with Gasteiger partial charge in [-0.2, -0.15) is 0 Å². The van der Waals surface area contributed by atoms with Crippen LogP contribution in [0.4, 0.5) is 0 Å². The summed E-state index contributed by atoms with van der Waals surface area (Å²) in [4.78, 5) is 18.4. The average Bonchev–Trinajstić information content (AvgIpc) is 3.02. The van der Waals surface area contributed by atoms with Crippen molar-refractivity contribution in [2.75, 3.05) is 26.3 Å². The maximum absolute atomic E-state index is 12.6. The summed E-state index contributed by atoms with van der Waals surface area (Å²) in [5.74, 6) is 0.786. The second-order valence-corrected chi connectivity index (χ2v) is 12.3. The zero-order chi connectivity index (χ0) is 30.1. The van der Waals surface area contributed by atoms with Gasteiger partial charge in [0.15, 0.2) is 0 Å². The first-order valence-electron chi connectivity index (χ1n) is 15.3. The van der Waals surface area contributed by atoms with Gasteiger partial charge < -0.3 is 19.0 Å². The number of hydrogen-bond acceptors (Lipinski definition) is 6. The van der Waals surface area contributed by atoms with Crippen LogP contribution in [-0.2, 0) is 32.3 Å². The van der Waals surface area contributed by atoms with Crippen molar-refractivity contribution in [1.82, 2.24) is 5.06 Å². The van der Waals surface area contributed by atoms with E-state index in [1.165, 1.54) is 21.9 Å². The Labute approximate surface area is 255 Å². The molecule has 6 nitrogen and oxygen atoms in total. The third-order valence-corrected chi connectivity index (χ3v) is 7.75. The summed E-state index contributed by atoms with van der Waals surface area (Å²) < 4.78 is 18.3. The summed E-state index contributed by atoms with van der Waals surface area (Å²) in [5, 5.41) is 4.18. The number of hydrogen-bond donors (Lipinski definition) is 0. The number of carbonyl (C=O) groups is 1. The largest absolute Gasteiger partial charge is 0.494 e. The van der Waals surface area contributed by atoms with Crippen LogP contribution in [0.1, 0.15) is 56.2 Å². The van der Waals surface area contributed by atoms with Gasteiger partial charge in [-0.25, -0.2) is 4.79 Å². The zero-order valence-corrected chi connectivity index (χ0v) is 25.5. The van der Waals surface area contributed by atoms with Gasteiger partial charge in [0.1, 0.15) is 5.75 Å². The maximum atomic E-state index is 12.6. The third kappa shape index (κ3) is 8.90. The highest BCUT2D eigenvalue weighted by atomic mass is 16.7. The van der Waals surface area contributed by atoms with Crippen LogP contribution < -0.4 is 4.74 Å². The second kappa shape index (κ2) is 14.6. The molecule has 4 aromatic carbocycles. The molecule has 0 spiro atoms. The van der Waals surface area contributed by atoms with E-state index >= 15 is 0 Å². The van der Waals surface area contributed by atoms with Gasteiger partial charge in [0.2, 0.25) is 0 Å². The molecule has 1 heterocycles. The highest BCUT2D eigenvalue weighted by Crippen LogP contribution is 2.33. The van der Waals surface area contributed by atoms with Crippen LogP contribution in [-0.4, -0.2) is 43.4 Å². The molecule has 1 saturated heterocycles. The van der Waals surface area contributed by atoms with Crippen molar-refractivity contribution in [2.24, 2.45) is 5.41 Å². The fraction of sp³-hybridized carbons (Fsp3) is 0.378. The van der Waals surface area contributed by atoms with Crippen molar-refractivity contribution in [3.05, 3.63) is 114 Å². The number of piperidine rings is 1. The fourth-order valence-corrected chi connectivity index (χ4v) is 5.23. The molecule has 0 aliphatic carbocycles. The van der Waals surface area contributed by atoms with E-state index in [0.29, 0.717) is 39.5 Å².